The summed E-state index contributed by atoms with van der Waals surface area (Å²) in [5.41, 5.74) is 2.86. The quantitative estimate of drug-likeness (QED) is 0.680. The number of fused-ring (bicyclic) bond motifs is 1. The second-order valence-corrected chi connectivity index (χ2v) is 7.09. The Bertz CT molecular complexity index is 1180. The molecule has 1 N–H and O–H groups in total. The van der Waals surface area contributed by atoms with E-state index in [4.69, 9.17) is 0 Å². The molecule has 4 rings (SSSR count). The molecule has 6 nitrogen and oxygen atoms in total. The van der Waals surface area contributed by atoms with Gasteiger partial charge in [0.1, 0.15) is 6.07 Å². The Balaban J connectivity index is 1.49. The Hall–Kier alpha value is -3.92. The summed E-state index contributed by atoms with van der Waals surface area (Å²) >= 11 is 0. The van der Waals surface area contributed by atoms with Crippen LogP contribution in [0.15, 0.2) is 55.9 Å². The van der Waals surface area contributed by atoms with Crippen molar-refractivity contribution in [1.82, 2.24) is 19.8 Å². The van der Waals surface area contributed by atoms with Crippen molar-refractivity contribution in [2.24, 2.45) is 0 Å². The molecule has 30 heavy (non-hydrogen) atoms. The summed E-state index contributed by atoms with van der Waals surface area (Å²) in [5, 5.41) is 9.34. The van der Waals surface area contributed by atoms with Crippen LogP contribution >= 0.6 is 0 Å². The molecule has 0 aliphatic carbocycles. The van der Waals surface area contributed by atoms with Crippen molar-refractivity contribution in [2.45, 2.75) is 0 Å². The zero-order chi connectivity index (χ0) is 21.3. The van der Waals surface area contributed by atoms with Crippen LogP contribution in [0.5, 0.6) is 0 Å². The number of carbonyl (C=O) groups excluding carboxylic acids is 1. The molecular formula is C23H20FN5O. The summed E-state index contributed by atoms with van der Waals surface area (Å²) in [7, 11) is 0. The van der Waals surface area contributed by atoms with E-state index >= 15 is 0 Å². The SMILES string of the molecule is C=C(C(=O)N1CCN(C(=C)c2ccccc2)CC1)c1c[nH]c2c(C#N)ncc(F)c12. The lowest BCUT2D eigenvalue weighted by atomic mass is 10.0. The summed E-state index contributed by atoms with van der Waals surface area (Å²) in [4.78, 5) is 23.5. The van der Waals surface area contributed by atoms with Crippen molar-refractivity contribution in [2.75, 3.05) is 26.2 Å². The Labute approximate surface area is 173 Å². The molecule has 3 aromatic rings. The van der Waals surface area contributed by atoms with Crippen LogP contribution in [0.1, 0.15) is 16.8 Å². The van der Waals surface area contributed by atoms with Crippen LogP contribution in [-0.2, 0) is 4.79 Å². The van der Waals surface area contributed by atoms with Gasteiger partial charge in [-0.05, 0) is 5.56 Å². The maximum atomic E-state index is 14.4. The smallest absolute Gasteiger partial charge is 0.254 e. The zero-order valence-electron chi connectivity index (χ0n) is 16.4. The number of pyridine rings is 1. The van der Waals surface area contributed by atoms with Gasteiger partial charge in [0.15, 0.2) is 11.5 Å². The number of halogens is 1. The number of rotatable bonds is 4. The molecule has 7 heteroatoms. The van der Waals surface area contributed by atoms with E-state index in [-0.39, 0.29) is 28.1 Å². The number of nitrogens with one attached hydrogen (secondary N) is 1. The number of aromatic amines is 1. The highest BCUT2D eigenvalue weighted by atomic mass is 19.1. The van der Waals surface area contributed by atoms with Gasteiger partial charge in [0, 0.05) is 54.6 Å². The maximum Gasteiger partial charge on any atom is 0.254 e. The Morgan fingerprint density at radius 3 is 2.47 bits per heavy atom. The highest BCUT2D eigenvalue weighted by Crippen LogP contribution is 2.29. The third kappa shape index (κ3) is 3.33. The van der Waals surface area contributed by atoms with E-state index in [1.54, 1.807) is 4.90 Å². The predicted molar refractivity (Wildman–Crippen MR) is 113 cm³/mol. The summed E-state index contributed by atoms with van der Waals surface area (Å²) in [6.45, 7) is 10.4. The molecule has 0 atom stereocenters. The minimum atomic E-state index is -0.599. The van der Waals surface area contributed by atoms with Crippen molar-refractivity contribution >= 4 is 28.1 Å². The van der Waals surface area contributed by atoms with Crippen molar-refractivity contribution in [3.8, 4) is 6.07 Å². The minimum Gasteiger partial charge on any atom is -0.368 e. The lowest BCUT2D eigenvalue weighted by Gasteiger charge is -2.37. The van der Waals surface area contributed by atoms with Crippen LogP contribution in [-0.4, -0.2) is 51.9 Å². The number of hydrogen-bond donors (Lipinski definition) is 1. The normalized spacial score (nSPS) is 13.9. The van der Waals surface area contributed by atoms with Crippen LogP contribution in [0.25, 0.3) is 22.2 Å². The van der Waals surface area contributed by atoms with Gasteiger partial charge in [-0.25, -0.2) is 9.37 Å². The fourth-order valence-electron chi connectivity index (χ4n) is 3.73. The number of aromatic nitrogens is 2. The van der Waals surface area contributed by atoms with Gasteiger partial charge in [0.2, 0.25) is 0 Å². The molecule has 2 aromatic heterocycles. The number of benzene rings is 1. The standard InChI is InChI=1S/C23H20FN5O/c1-15(18-13-27-22-20(12-25)26-14-19(24)21(18)22)23(30)29-10-8-28(9-11-29)16(2)17-6-4-3-5-7-17/h3-7,13-14,27H,1-2,8-11H2. The van der Waals surface area contributed by atoms with Gasteiger partial charge in [-0.1, -0.05) is 43.5 Å². The van der Waals surface area contributed by atoms with Gasteiger partial charge in [-0.2, -0.15) is 5.26 Å². The van der Waals surface area contributed by atoms with Crippen molar-refractivity contribution in [3.05, 3.63) is 78.5 Å². The molecule has 150 valence electrons. The first kappa shape index (κ1) is 19.4. The van der Waals surface area contributed by atoms with Crippen LogP contribution < -0.4 is 0 Å². The highest BCUT2D eigenvalue weighted by Gasteiger charge is 2.26. The van der Waals surface area contributed by atoms with Crippen LogP contribution in [0.4, 0.5) is 4.39 Å². The number of hydrogen-bond acceptors (Lipinski definition) is 4. The first-order valence-electron chi connectivity index (χ1n) is 9.54. The van der Waals surface area contributed by atoms with E-state index in [1.807, 2.05) is 36.4 Å². The molecule has 0 unspecified atom stereocenters. The van der Waals surface area contributed by atoms with Gasteiger partial charge in [-0.15, -0.1) is 0 Å². The molecule has 1 amide bonds. The van der Waals surface area contributed by atoms with E-state index in [2.05, 4.69) is 28.0 Å². The van der Waals surface area contributed by atoms with Crippen LogP contribution in [0.2, 0.25) is 0 Å². The second-order valence-electron chi connectivity index (χ2n) is 7.09. The summed E-state index contributed by atoms with van der Waals surface area (Å²) < 4.78 is 14.4. The van der Waals surface area contributed by atoms with Gasteiger partial charge in [0.05, 0.1) is 11.7 Å². The third-order valence-corrected chi connectivity index (χ3v) is 5.41. The van der Waals surface area contributed by atoms with Gasteiger partial charge in [0.25, 0.3) is 5.91 Å². The Kier molecular flexibility index (Phi) is 5.07. The molecule has 0 radical (unpaired) electrons. The minimum absolute atomic E-state index is 0.0749. The topological polar surface area (TPSA) is 76.0 Å². The average Bonchev–Trinajstić information content (AvgIpc) is 3.25. The average molecular weight is 401 g/mol. The maximum absolute atomic E-state index is 14.4. The molecule has 0 spiro atoms. The molecule has 1 aliphatic rings. The summed E-state index contributed by atoms with van der Waals surface area (Å²) in [5.74, 6) is -0.853. The molecule has 0 saturated carbocycles. The van der Waals surface area contributed by atoms with Crippen molar-refractivity contribution in [1.29, 1.82) is 5.26 Å². The number of nitrogens with zero attached hydrogens (tertiary/aromatic N) is 4. The number of piperazine rings is 1. The molecule has 1 aliphatic heterocycles. The van der Waals surface area contributed by atoms with Crippen LogP contribution in [0.3, 0.4) is 0 Å². The Morgan fingerprint density at radius 1 is 1.13 bits per heavy atom. The third-order valence-electron chi connectivity index (χ3n) is 5.41. The lowest BCUT2D eigenvalue weighted by molar-refractivity contribution is -0.126. The van der Waals surface area contributed by atoms with Gasteiger partial charge in [-0.3, -0.25) is 4.79 Å². The lowest BCUT2D eigenvalue weighted by Crippen LogP contribution is -2.47. The molecule has 0 bridgehead atoms. The number of carbonyl (C=O) groups is 1. The van der Waals surface area contributed by atoms with Crippen LogP contribution in [0, 0.1) is 17.1 Å². The number of amides is 1. The predicted octanol–water partition coefficient (Wildman–Crippen LogP) is 3.40. The van der Waals surface area contributed by atoms with Crippen molar-refractivity contribution in [3.63, 3.8) is 0 Å². The fourth-order valence-corrected chi connectivity index (χ4v) is 3.73. The molecule has 1 fully saturated rings. The molecule has 3 heterocycles. The monoisotopic (exact) mass is 401 g/mol. The van der Waals surface area contributed by atoms with E-state index < -0.39 is 5.82 Å². The van der Waals surface area contributed by atoms with E-state index in [0.29, 0.717) is 31.7 Å². The fraction of sp³-hybridized carbons (Fsp3) is 0.174. The van der Waals surface area contributed by atoms with Gasteiger partial charge < -0.3 is 14.8 Å². The van der Waals surface area contributed by atoms with E-state index in [0.717, 1.165) is 17.5 Å². The van der Waals surface area contributed by atoms with Crippen molar-refractivity contribution < 1.29 is 9.18 Å². The van der Waals surface area contributed by atoms with Gasteiger partial charge >= 0.3 is 0 Å². The Morgan fingerprint density at radius 2 is 1.80 bits per heavy atom. The number of nitriles is 1. The molecule has 1 aromatic carbocycles. The van der Waals surface area contributed by atoms with E-state index in [1.165, 1.54) is 6.20 Å². The zero-order valence-corrected chi connectivity index (χ0v) is 16.4. The second kappa shape index (κ2) is 7.84. The largest absolute Gasteiger partial charge is 0.368 e. The molecular weight excluding hydrogens is 381 g/mol. The summed E-state index contributed by atoms with van der Waals surface area (Å²) in [6.07, 6.45) is 2.49. The molecule has 1 saturated heterocycles. The highest BCUT2D eigenvalue weighted by molar-refractivity contribution is 6.22. The summed E-state index contributed by atoms with van der Waals surface area (Å²) in [6, 6.07) is 11.8. The van der Waals surface area contributed by atoms with E-state index in [9.17, 15) is 14.4 Å². The first-order valence-corrected chi connectivity index (χ1v) is 9.54. The first-order chi connectivity index (χ1) is 14.5. The number of H-pyrrole nitrogens is 1.